The van der Waals surface area contributed by atoms with Crippen molar-refractivity contribution < 1.29 is 9.90 Å². The lowest BCUT2D eigenvalue weighted by molar-refractivity contribution is 0.0692. The first-order valence-corrected chi connectivity index (χ1v) is 7.17. The summed E-state index contributed by atoms with van der Waals surface area (Å²) >= 11 is 1.34. The van der Waals surface area contributed by atoms with E-state index in [-0.39, 0.29) is 5.69 Å². The molecule has 0 amide bonds. The Bertz CT molecular complexity index is 402. The van der Waals surface area contributed by atoms with Crippen molar-refractivity contribution in [1.82, 2.24) is 9.88 Å². The van der Waals surface area contributed by atoms with E-state index in [1.54, 1.807) is 5.51 Å². The zero-order valence-corrected chi connectivity index (χ0v) is 11.4. The van der Waals surface area contributed by atoms with Gasteiger partial charge in [0, 0.05) is 19.1 Å². The van der Waals surface area contributed by atoms with Gasteiger partial charge in [-0.15, -0.1) is 11.3 Å². The Hall–Kier alpha value is -1.14. The van der Waals surface area contributed by atoms with Crippen molar-refractivity contribution in [3.8, 4) is 0 Å². The molecule has 5 nitrogen and oxygen atoms in total. The summed E-state index contributed by atoms with van der Waals surface area (Å²) < 4.78 is 0. The Morgan fingerprint density at radius 2 is 2.33 bits per heavy atom. The molecule has 1 aliphatic carbocycles. The number of aromatic nitrogens is 1. The van der Waals surface area contributed by atoms with Crippen molar-refractivity contribution in [3.63, 3.8) is 0 Å². The first-order valence-electron chi connectivity index (χ1n) is 6.29. The maximum Gasteiger partial charge on any atom is 0.357 e. The topological polar surface area (TPSA) is 65.5 Å². The number of nitrogens with zero attached hydrogens (tertiary/aromatic N) is 2. The molecule has 2 rings (SSSR count). The second-order valence-corrected chi connectivity index (χ2v) is 5.54. The zero-order valence-electron chi connectivity index (χ0n) is 10.6. The first-order chi connectivity index (χ1) is 8.68. The van der Waals surface area contributed by atoms with Crippen LogP contribution in [0.15, 0.2) is 5.51 Å². The normalized spacial score (nSPS) is 16.3. The number of carboxylic acids is 1. The summed E-state index contributed by atoms with van der Waals surface area (Å²) in [4.78, 5) is 17.1. The van der Waals surface area contributed by atoms with Crippen molar-refractivity contribution >= 4 is 22.3 Å². The number of aromatic carboxylic acids is 1. The van der Waals surface area contributed by atoms with Crippen LogP contribution in [0.2, 0.25) is 0 Å². The molecule has 18 heavy (non-hydrogen) atoms. The standard InChI is InChI=1S/C12H19N3O2S/c1-15(9-4-2-3-5-9)7-6-13-11-10(12(16)17)14-8-18-11/h8-9,13H,2-7H2,1H3,(H,16,17). The molecule has 0 atom stereocenters. The molecular weight excluding hydrogens is 250 g/mol. The van der Waals surface area contributed by atoms with Crippen LogP contribution in [0.4, 0.5) is 5.00 Å². The third-order valence-electron chi connectivity index (χ3n) is 3.47. The highest BCUT2D eigenvalue weighted by molar-refractivity contribution is 7.14. The second kappa shape index (κ2) is 6.15. The van der Waals surface area contributed by atoms with Crippen molar-refractivity contribution in [2.45, 2.75) is 31.7 Å². The molecule has 0 aliphatic heterocycles. The third-order valence-corrected chi connectivity index (χ3v) is 4.25. The van der Waals surface area contributed by atoms with Crippen molar-refractivity contribution in [1.29, 1.82) is 0 Å². The number of likely N-dealkylation sites (N-methyl/N-ethyl adjacent to an activating group) is 1. The van der Waals surface area contributed by atoms with Crippen molar-refractivity contribution in [3.05, 3.63) is 11.2 Å². The fourth-order valence-electron chi connectivity index (χ4n) is 2.40. The van der Waals surface area contributed by atoms with E-state index in [1.807, 2.05) is 0 Å². The summed E-state index contributed by atoms with van der Waals surface area (Å²) in [6.45, 7) is 1.69. The molecule has 0 radical (unpaired) electrons. The van der Waals surface area contributed by atoms with Gasteiger partial charge in [-0.2, -0.15) is 0 Å². The number of hydrogen-bond acceptors (Lipinski definition) is 5. The van der Waals surface area contributed by atoms with Gasteiger partial charge >= 0.3 is 5.97 Å². The number of thiazole rings is 1. The molecule has 6 heteroatoms. The summed E-state index contributed by atoms with van der Waals surface area (Å²) in [5.41, 5.74) is 1.69. The molecule has 1 fully saturated rings. The molecule has 0 unspecified atom stereocenters. The van der Waals surface area contributed by atoms with Gasteiger partial charge in [0.25, 0.3) is 0 Å². The van der Waals surface area contributed by atoms with E-state index < -0.39 is 5.97 Å². The average molecular weight is 269 g/mol. The van der Waals surface area contributed by atoms with Crippen LogP contribution in [0.1, 0.15) is 36.2 Å². The molecule has 0 bridgehead atoms. The van der Waals surface area contributed by atoms with Crippen LogP contribution in [-0.4, -0.2) is 47.1 Å². The maximum atomic E-state index is 10.9. The number of anilines is 1. The molecule has 0 aromatic carbocycles. The molecule has 1 saturated carbocycles. The number of nitrogens with one attached hydrogen (secondary N) is 1. The van der Waals surface area contributed by atoms with Crippen LogP contribution in [0, 0.1) is 0 Å². The molecular formula is C12H19N3O2S. The van der Waals surface area contributed by atoms with Gasteiger partial charge in [0.2, 0.25) is 0 Å². The number of carboxylic acid groups (broad SMARTS) is 1. The van der Waals surface area contributed by atoms with Crippen LogP contribution < -0.4 is 5.32 Å². The summed E-state index contributed by atoms with van der Waals surface area (Å²) in [7, 11) is 2.14. The fraction of sp³-hybridized carbons (Fsp3) is 0.667. The van der Waals surface area contributed by atoms with Gasteiger partial charge < -0.3 is 15.3 Å². The van der Waals surface area contributed by atoms with Crippen LogP contribution in [0.3, 0.4) is 0 Å². The maximum absolute atomic E-state index is 10.9. The summed E-state index contributed by atoms with van der Waals surface area (Å²) in [5, 5.41) is 12.7. The summed E-state index contributed by atoms with van der Waals surface area (Å²) in [6, 6.07) is 0.701. The lowest BCUT2D eigenvalue weighted by Gasteiger charge is -2.23. The molecule has 1 aliphatic rings. The number of rotatable bonds is 6. The van der Waals surface area contributed by atoms with Gasteiger partial charge in [-0.05, 0) is 19.9 Å². The molecule has 0 spiro atoms. The van der Waals surface area contributed by atoms with E-state index in [4.69, 9.17) is 5.11 Å². The van der Waals surface area contributed by atoms with E-state index in [0.29, 0.717) is 11.0 Å². The fourth-order valence-corrected chi connectivity index (χ4v) is 3.10. The second-order valence-electron chi connectivity index (χ2n) is 4.68. The predicted molar refractivity (Wildman–Crippen MR) is 72.4 cm³/mol. The number of carbonyl (C=O) groups is 1. The smallest absolute Gasteiger partial charge is 0.357 e. The lowest BCUT2D eigenvalue weighted by Crippen LogP contribution is -2.33. The SMILES string of the molecule is CN(CCNc1scnc1C(=O)O)C1CCCC1. The molecule has 1 heterocycles. The van der Waals surface area contributed by atoms with Gasteiger partial charge in [-0.3, -0.25) is 0 Å². The Morgan fingerprint density at radius 3 is 3.00 bits per heavy atom. The van der Waals surface area contributed by atoms with Crippen LogP contribution in [-0.2, 0) is 0 Å². The molecule has 1 aromatic rings. The third kappa shape index (κ3) is 3.20. The highest BCUT2D eigenvalue weighted by atomic mass is 32.1. The van der Waals surface area contributed by atoms with E-state index in [0.717, 1.165) is 13.1 Å². The summed E-state index contributed by atoms with van der Waals surface area (Å²) in [5.74, 6) is -0.970. The van der Waals surface area contributed by atoms with Gasteiger partial charge in [0.15, 0.2) is 5.69 Å². The number of hydrogen-bond donors (Lipinski definition) is 2. The lowest BCUT2D eigenvalue weighted by atomic mass is 10.2. The van der Waals surface area contributed by atoms with Gasteiger partial charge in [-0.25, -0.2) is 9.78 Å². The molecule has 0 saturated heterocycles. The summed E-state index contributed by atoms with van der Waals surface area (Å²) in [6.07, 6.45) is 5.25. The van der Waals surface area contributed by atoms with E-state index in [9.17, 15) is 4.79 Å². The Morgan fingerprint density at radius 1 is 1.61 bits per heavy atom. The predicted octanol–water partition coefficient (Wildman–Crippen LogP) is 2.13. The molecule has 2 N–H and O–H groups in total. The molecule has 100 valence electrons. The van der Waals surface area contributed by atoms with Gasteiger partial charge in [0.05, 0.1) is 5.51 Å². The highest BCUT2D eigenvalue weighted by Crippen LogP contribution is 2.22. The molecule has 1 aromatic heterocycles. The van der Waals surface area contributed by atoms with Gasteiger partial charge in [-0.1, -0.05) is 12.8 Å². The van der Waals surface area contributed by atoms with E-state index >= 15 is 0 Å². The van der Waals surface area contributed by atoms with Crippen molar-refractivity contribution in [2.24, 2.45) is 0 Å². The van der Waals surface area contributed by atoms with Crippen molar-refractivity contribution in [2.75, 3.05) is 25.5 Å². The van der Waals surface area contributed by atoms with Crippen LogP contribution in [0.25, 0.3) is 0 Å². The minimum Gasteiger partial charge on any atom is -0.476 e. The Balaban J connectivity index is 1.77. The van der Waals surface area contributed by atoms with E-state index in [2.05, 4.69) is 22.2 Å². The highest BCUT2D eigenvalue weighted by Gasteiger charge is 2.19. The minimum atomic E-state index is -0.970. The largest absolute Gasteiger partial charge is 0.476 e. The van der Waals surface area contributed by atoms with Crippen LogP contribution in [0.5, 0.6) is 0 Å². The average Bonchev–Trinajstić information content (AvgIpc) is 2.99. The quantitative estimate of drug-likeness (QED) is 0.828. The van der Waals surface area contributed by atoms with E-state index in [1.165, 1.54) is 37.0 Å². The monoisotopic (exact) mass is 269 g/mol. The van der Waals surface area contributed by atoms with Gasteiger partial charge in [0.1, 0.15) is 5.00 Å². The minimum absolute atomic E-state index is 0.128. The Labute approximate surface area is 111 Å². The Kier molecular flexibility index (Phi) is 4.54. The zero-order chi connectivity index (χ0) is 13.0. The first kappa shape index (κ1) is 13.3. The van der Waals surface area contributed by atoms with Crippen LogP contribution >= 0.6 is 11.3 Å².